The fraction of sp³-hybridized carbons (Fsp3) is 1.00. The van der Waals surface area contributed by atoms with Crippen LogP contribution in [-0.4, -0.2) is 20.7 Å². The van der Waals surface area contributed by atoms with E-state index in [2.05, 4.69) is 36.7 Å². The summed E-state index contributed by atoms with van der Waals surface area (Å²) < 4.78 is 5.58. The van der Waals surface area contributed by atoms with Gasteiger partial charge in [-0.25, -0.2) is 0 Å². The van der Waals surface area contributed by atoms with Gasteiger partial charge >= 0.3 is 0 Å². The Kier molecular flexibility index (Phi) is 4.80. The maximum absolute atomic E-state index is 5.58. The monoisotopic (exact) mass is 210 g/mol. The Bertz CT molecular complexity index is 69.9. The van der Waals surface area contributed by atoms with Gasteiger partial charge in [0.1, 0.15) is 0 Å². The molecule has 0 fully saturated rings. The fourth-order valence-electron chi connectivity index (χ4n) is 0.433. The van der Waals surface area contributed by atoms with E-state index in [0.717, 1.165) is 5.33 Å². The van der Waals surface area contributed by atoms with Gasteiger partial charge in [0.2, 0.25) is 0 Å². The van der Waals surface area contributed by atoms with Crippen LogP contribution in [0.1, 0.15) is 20.8 Å². The predicted octanol–water partition coefficient (Wildman–Crippen LogP) is 1.70. The molecule has 56 valence electrons. The van der Waals surface area contributed by atoms with Crippen LogP contribution in [0.25, 0.3) is 0 Å². The minimum absolute atomic E-state index is 0.0917. The smallest absolute Gasteiger partial charge is 0.163 e. The van der Waals surface area contributed by atoms with Gasteiger partial charge < -0.3 is 4.43 Å². The summed E-state index contributed by atoms with van der Waals surface area (Å²) in [5.74, 6) is 0. The maximum atomic E-state index is 5.58. The maximum Gasteiger partial charge on any atom is 0.163 e. The average Bonchev–Trinajstić information content (AvgIpc) is 1.63. The van der Waals surface area contributed by atoms with Crippen molar-refractivity contribution in [3.8, 4) is 0 Å². The van der Waals surface area contributed by atoms with Gasteiger partial charge in [-0.2, -0.15) is 0 Å². The van der Waals surface area contributed by atoms with E-state index in [4.69, 9.17) is 4.43 Å². The molecule has 0 saturated heterocycles. The summed E-state index contributed by atoms with van der Waals surface area (Å²) in [6.07, 6.45) is 0. The molecule has 0 aliphatic carbocycles. The SMILES string of the molecule is CC(C)(C)O[SiH2]CCBr. The molecule has 0 radical (unpaired) electrons. The van der Waals surface area contributed by atoms with E-state index < -0.39 is 0 Å². The lowest BCUT2D eigenvalue weighted by Crippen LogP contribution is -2.21. The molecule has 0 unspecified atom stereocenters. The van der Waals surface area contributed by atoms with Crippen molar-refractivity contribution in [3.63, 3.8) is 0 Å². The van der Waals surface area contributed by atoms with Crippen LogP contribution in [0.15, 0.2) is 0 Å². The summed E-state index contributed by atoms with van der Waals surface area (Å²) in [6.45, 7) is 6.32. The lowest BCUT2D eigenvalue weighted by Gasteiger charge is -2.19. The standard InChI is InChI=1S/C6H15BrOSi/c1-6(2,3)8-9-5-4-7/h4-5,9H2,1-3H3. The molecule has 0 amide bonds. The molecule has 3 heteroatoms. The summed E-state index contributed by atoms with van der Waals surface area (Å²) >= 11 is 3.37. The van der Waals surface area contributed by atoms with Crippen LogP contribution in [-0.2, 0) is 4.43 Å². The lowest BCUT2D eigenvalue weighted by atomic mass is 10.2. The van der Waals surface area contributed by atoms with Crippen LogP contribution in [0.5, 0.6) is 0 Å². The molecule has 1 nitrogen and oxygen atoms in total. The average molecular weight is 211 g/mol. The highest BCUT2D eigenvalue weighted by atomic mass is 79.9. The first-order valence-electron chi connectivity index (χ1n) is 3.26. The molecule has 0 aromatic heterocycles. The third-order valence-corrected chi connectivity index (χ3v) is 4.12. The Morgan fingerprint density at radius 1 is 1.44 bits per heavy atom. The third kappa shape index (κ3) is 8.66. The van der Waals surface area contributed by atoms with Crippen molar-refractivity contribution in [1.29, 1.82) is 0 Å². The van der Waals surface area contributed by atoms with Gasteiger partial charge in [0.25, 0.3) is 0 Å². The molecule has 0 spiro atoms. The quantitative estimate of drug-likeness (QED) is 0.392. The summed E-state index contributed by atoms with van der Waals surface area (Å²) in [4.78, 5) is 0. The molecule has 0 aliphatic heterocycles. The third-order valence-electron chi connectivity index (χ3n) is 0.813. The number of halogens is 1. The molecule has 0 N–H and O–H groups in total. The lowest BCUT2D eigenvalue weighted by molar-refractivity contribution is 0.138. The van der Waals surface area contributed by atoms with Crippen molar-refractivity contribution in [2.45, 2.75) is 32.4 Å². The van der Waals surface area contributed by atoms with E-state index in [9.17, 15) is 0 Å². The molecule has 0 rings (SSSR count). The van der Waals surface area contributed by atoms with E-state index in [1.165, 1.54) is 6.04 Å². The van der Waals surface area contributed by atoms with E-state index in [0.29, 0.717) is 0 Å². The molecule has 0 aromatic rings. The molecule has 0 aliphatic rings. The number of rotatable bonds is 3. The number of hydrogen-bond acceptors (Lipinski definition) is 1. The van der Waals surface area contributed by atoms with Crippen LogP contribution in [0, 0.1) is 0 Å². The first kappa shape index (κ1) is 9.66. The summed E-state index contributed by atoms with van der Waals surface area (Å²) in [5.41, 5.74) is 0.0917. The Balaban J connectivity index is 3.07. The molecular formula is C6H15BrOSi. The van der Waals surface area contributed by atoms with Gasteiger partial charge in [-0.05, 0) is 26.8 Å². The Morgan fingerprint density at radius 3 is 2.33 bits per heavy atom. The van der Waals surface area contributed by atoms with Gasteiger partial charge in [0, 0.05) is 10.9 Å². The van der Waals surface area contributed by atoms with E-state index in [1.807, 2.05) is 0 Å². The first-order chi connectivity index (χ1) is 4.06. The topological polar surface area (TPSA) is 9.23 Å². The van der Waals surface area contributed by atoms with Crippen molar-refractivity contribution < 1.29 is 4.43 Å². The van der Waals surface area contributed by atoms with Crippen molar-refractivity contribution >= 4 is 25.7 Å². The van der Waals surface area contributed by atoms with Gasteiger partial charge in [-0.1, -0.05) is 15.9 Å². The molecule has 0 bridgehead atoms. The fourth-order valence-corrected chi connectivity index (χ4v) is 1.99. The Labute approximate surface area is 68.2 Å². The number of alkyl halides is 1. The van der Waals surface area contributed by atoms with Crippen LogP contribution in [0.3, 0.4) is 0 Å². The highest BCUT2D eigenvalue weighted by molar-refractivity contribution is 9.09. The van der Waals surface area contributed by atoms with Crippen molar-refractivity contribution in [1.82, 2.24) is 0 Å². The predicted molar refractivity (Wildman–Crippen MR) is 48.0 cm³/mol. The zero-order valence-electron chi connectivity index (χ0n) is 6.41. The minimum Gasteiger partial charge on any atom is -0.419 e. The van der Waals surface area contributed by atoms with Crippen molar-refractivity contribution in [3.05, 3.63) is 0 Å². The first-order valence-corrected chi connectivity index (χ1v) is 5.96. The molecule has 9 heavy (non-hydrogen) atoms. The summed E-state index contributed by atoms with van der Waals surface area (Å²) in [5, 5.41) is 1.09. The molecule has 0 saturated carbocycles. The zero-order valence-corrected chi connectivity index (χ0v) is 9.41. The highest BCUT2D eigenvalue weighted by Crippen LogP contribution is 2.05. The zero-order chi connectivity index (χ0) is 7.33. The highest BCUT2D eigenvalue weighted by Gasteiger charge is 2.07. The molecule has 0 heterocycles. The van der Waals surface area contributed by atoms with Gasteiger partial charge in [-0.3, -0.25) is 0 Å². The second-order valence-electron chi connectivity index (χ2n) is 3.00. The van der Waals surface area contributed by atoms with Crippen LogP contribution in [0.2, 0.25) is 6.04 Å². The van der Waals surface area contributed by atoms with E-state index >= 15 is 0 Å². The molecule has 0 atom stereocenters. The summed E-state index contributed by atoms with van der Waals surface area (Å²) in [6, 6.07) is 1.23. The Morgan fingerprint density at radius 2 is 2.00 bits per heavy atom. The van der Waals surface area contributed by atoms with Crippen LogP contribution >= 0.6 is 15.9 Å². The van der Waals surface area contributed by atoms with Crippen molar-refractivity contribution in [2.24, 2.45) is 0 Å². The van der Waals surface area contributed by atoms with Crippen LogP contribution in [0.4, 0.5) is 0 Å². The second kappa shape index (κ2) is 4.47. The largest absolute Gasteiger partial charge is 0.419 e. The molecule has 0 aromatic carbocycles. The number of hydrogen-bond donors (Lipinski definition) is 0. The van der Waals surface area contributed by atoms with E-state index in [-0.39, 0.29) is 15.4 Å². The van der Waals surface area contributed by atoms with Gasteiger partial charge in [-0.15, -0.1) is 0 Å². The Hall–Kier alpha value is 0.657. The van der Waals surface area contributed by atoms with E-state index in [1.54, 1.807) is 0 Å². The molecular weight excluding hydrogens is 196 g/mol. The summed E-state index contributed by atoms with van der Waals surface area (Å²) in [7, 11) is -0.240. The van der Waals surface area contributed by atoms with Crippen LogP contribution < -0.4 is 0 Å². The van der Waals surface area contributed by atoms with Gasteiger partial charge in [0.05, 0.1) is 0 Å². The second-order valence-corrected chi connectivity index (χ2v) is 5.20. The minimum atomic E-state index is -0.240. The van der Waals surface area contributed by atoms with Gasteiger partial charge in [0.15, 0.2) is 9.76 Å². The normalized spacial score (nSPS) is 13.3. The van der Waals surface area contributed by atoms with Crippen molar-refractivity contribution in [2.75, 3.05) is 5.33 Å².